The van der Waals surface area contributed by atoms with Gasteiger partial charge in [-0.2, -0.15) is 0 Å². The van der Waals surface area contributed by atoms with Gasteiger partial charge in [0.2, 0.25) is 0 Å². The average Bonchev–Trinajstić information content (AvgIpc) is 3.00. The monoisotopic (exact) mass is 580 g/mol. The van der Waals surface area contributed by atoms with Crippen LogP contribution < -0.4 is 4.74 Å². The predicted molar refractivity (Wildman–Crippen MR) is 166 cm³/mol. The molecule has 7 rings (SSSR count). The van der Waals surface area contributed by atoms with Gasteiger partial charge in [-0.3, -0.25) is 4.79 Å². The Labute approximate surface area is 253 Å². The highest BCUT2D eigenvalue weighted by Gasteiger charge is 2.52. The van der Waals surface area contributed by atoms with Crippen LogP contribution in [0.25, 0.3) is 6.08 Å². The van der Waals surface area contributed by atoms with Crippen molar-refractivity contribution < 1.29 is 28.9 Å². The van der Waals surface area contributed by atoms with Gasteiger partial charge in [0.15, 0.2) is 12.6 Å². The lowest BCUT2D eigenvalue weighted by molar-refractivity contribution is -0.0190. The number of carbonyl (C=O) groups is 2. The highest BCUT2D eigenvalue weighted by atomic mass is 16.7. The summed E-state index contributed by atoms with van der Waals surface area (Å²) in [7, 11) is 1.65. The van der Waals surface area contributed by atoms with E-state index >= 15 is 0 Å². The van der Waals surface area contributed by atoms with Crippen molar-refractivity contribution in [2.45, 2.75) is 50.4 Å². The minimum absolute atomic E-state index is 0.0211. The first-order valence-corrected chi connectivity index (χ1v) is 15.4. The number of rotatable bonds is 13. The molecule has 4 bridgehead atoms. The largest absolute Gasteiger partial charge is 0.478 e. The average molecular weight is 581 g/mol. The van der Waals surface area contributed by atoms with Gasteiger partial charge in [-0.1, -0.05) is 48.5 Å². The molecule has 3 aromatic rings. The molecule has 0 aliphatic heterocycles. The number of hydrogen-bond acceptors (Lipinski definition) is 5. The predicted octanol–water partition coefficient (Wildman–Crippen LogP) is 7.34. The Hall–Kier alpha value is -3.74. The highest BCUT2D eigenvalue weighted by molar-refractivity contribution is 6.08. The van der Waals surface area contributed by atoms with Gasteiger partial charge in [-0.05, 0) is 115 Å². The van der Waals surface area contributed by atoms with Gasteiger partial charge in [0.1, 0.15) is 5.75 Å². The number of carbonyl (C=O) groups excluding carboxylic acids is 1. The van der Waals surface area contributed by atoms with Crippen LogP contribution in [0.2, 0.25) is 0 Å². The molecule has 0 saturated heterocycles. The molecule has 43 heavy (non-hydrogen) atoms. The third-order valence-electron chi connectivity index (χ3n) is 9.63. The maximum atomic E-state index is 14.0. The normalized spacial score (nSPS) is 24.0. The molecule has 1 N–H and O–H groups in total. The molecule has 0 spiro atoms. The molecule has 6 nitrogen and oxygen atoms in total. The summed E-state index contributed by atoms with van der Waals surface area (Å²) in [6, 6.07) is 21.0. The standard InChI is InChI=1S/C37H40O6/c1-41-13-14-42-24-43-35-19-31(18-26-5-3-2-4-6-26)32(34(38)12-9-25-7-10-30(11-8-25)36(39)40)20-33(35)37-21-27-15-28(22-37)17-29(16-27)23-37/h2-12,19-20,27-29H,13-18,21-24H2,1H3,(H,39,40)/b12-9+. The van der Waals surface area contributed by atoms with Crippen molar-refractivity contribution in [1.82, 2.24) is 0 Å². The zero-order valence-corrected chi connectivity index (χ0v) is 24.8. The van der Waals surface area contributed by atoms with Gasteiger partial charge < -0.3 is 19.3 Å². The number of aromatic carboxylic acids is 1. The second-order valence-corrected chi connectivity index (χ2v) is 12.7. The lowest BCUT2D eigenvalue weighted by Gasteiger charge is -2.57. The highest BCUT2D eigenvalue weighted by Crippen LogP contribution is 2.62. The number of carboxylic acids is 1. The Morgan fingerprint density at radius 3 is 2.21 bits per heavy atom. The Morgan fingerprint density at radius 2 is 1.58 bits per heavy atom. The molecule has 0 unspecified atom stereocenters. The summed E-state index contributed by atoms with van der Waals surface area (Å²) >= 11 is 0. The van der Waals surface area contributed by atoms with Crippen LogP contribution in [0.1, 0.15) is 81.5 Å². The van der Waals surface area contributed by atoms with Gasteiger partial charge >= 0.3 is 5.97 Å². The molecule has 4 aliphatic rings. The third kappa shape index (κ3) is 6.61. The maximum absolute atomic E-state index is 14.0. The molecule has 3 aromatic carbocycles. The second-order valence-electron chi connectivity index (χ2n) is 12.7. The fourth-order valence-corrected chi connectivity index (χ4v) is 8.09. The molecule has 0 amide bonds. The minimum atomic E-state index is -0.972. The molecule has 0 aromatic heterocycles. The van der Waals surface area contributed by atoms with Crippen molar-refractivity contribution in [3.63, 3.8) is 0 Å². The number of carboxylic acid groups (broad SMARTS) is 1. The van der Waals surface area contributed by atoms with Gasteiger partial charge in [-0.15, -0.1) is 0 Å². The van der Waals surface area contributed by atoms with Crippen LogP contribution in [0.4, 0.5) is 0 Å². The third-order valence-corrected chi connectivity index (χ3v) is 9.63. The van der Waals surface area contributed by atoms with Crippen molar-refractivity contribution >= 4 is 17.8 Å². The van der Waals surface area contributed by atoms with Gasteiger partial charge in [0.25, 0.3) is 0 Å². The molecule has 4 aliphatic carbocycles. The molecule has 0 radical (unpaired) electrons. The van der Waals surface area contributed by atoms with E-state index in [-0.39, 0.29) is 23.6 Å². The Balaban J connectivity index is 1.38. The lowest BCUT2D eigenvalue weighted by Crippen LogP contribution is -2.48. The fraction of sp³-hybridized carbons (Fsp3) is 0.405. The molecular weight excluding hydrogens is 540 g/mol. The van der Waals surface area contributed by atoms with Crippen molar-refractivity contribution in [3.8, 4) is 5.75 Å². The molecule has 4 fully saturated rings. The zero-order valence-electron chi connectivity index (χ0n) is 24.8. The topological polar surface area (TPSA) is 82.1 Å². The minimum Gasteiger partial charge on any atom is -0.478 e. The lowest BCUT2D eigenvalue weighted by atomic mass is 9.48. The van der Waals surface area contributed by atoms with Gasteiger partial charge in [-0.25, -0.2) is 4.79 Å². The van der Waals surface area contributed by atoms with Crippen LogP contribution in [0, 0.1) is 17.8 Å². The van der Waals surface area contributed by atoms with E-state index in [2.05, 4.69) is 24.3 Å². The van der Waals surface area contributed by atoms with Crippen LogP contribution in [-0.2, 0) is 21.3 Å². The van der Waals surface area contributed by atoms with E-state index in [1.54, 1.807) is 43.5 Å². The van der Waals surface area contributed by atoms with Crippen LogP contribution in [0.5, 0.6) is 5.75 Å². The molecule has 4 saturated carbocycles. The number of ketones is 1. The summed E-state index contributed by atoms with van der Waals surface area (Å²) in [6.45, 7) is 1.09. The summed E-state index contributed by atoms with van der Waals surface area (Å²) in [5.74, 6) is 2.02. The fourth-order valence-electron chi connectivity index (χ4n) is 8.09. The summed E-state index contributed by atoms with van der Waals surface area (Å²) in [6.07, 6.45) is 11.4. The molecular formula is C37H40O6. The van der Waals surface area contributed by atoms with Crippen LogP contribution in [-0.4, -0.2) is 44.0 Å². The van der Waals surface area contributed by atoms with Crippen molar-refractivity contribution in [2.24, 2.45) is 17.8 Å². The molecule has 0 heterocycles. The quantitative estimate of drug-likeness (QED) is 0.0986. The van der Waals surface area contributed by atoms with E-state index in [1.807, 2.05) is 18.2 Å². The summed E-state index contributed by atoms with van der Waals surface area (Å²) in [5.41, 5.74) is 4.90. The van der Waals surface area contributed by atoms with Crippen LogP contribution >= 0.6 is 0 Å². The van der Waals surface area contributed by atoms with Crippen molar-refractivity contribution in [1.29, 1.82) is 0 Å². The maximum Gasteiger partial charge on any atom is 0.335 e. The SMILES string of the molecule is COCCOCOc1cc(Cc2ccccc2)c(C(=O)/C=C/c2ccc(C(=O)O)cc2)cc1C12CC3CC(CC(C3)C1)C2. The Morgan fingerprint density at radius 1 is 0.907 bits per heavy atom. The number of allylic oxidation sites excluding steroid dienone is 1. The van der Waals surface area contributed by atoms with Crippen LogP contribution in [0.3, 0.4) is 0 Å². The first kappa shape index (κ1) is 29.3. The van der Waals surface area contributed by atoms with E-state index < -0.39 is 5.97 Å². The summed E-state index contributed by atoms with van der Waals surface area (Å²) < 4.78 is 17.3. The number of ether oxygens (including phenoxy) is 3. The first-order valence-electron chi connectivity index (χ1n) is 15.4. The van der Waals surface area contributed by atoms with Crippen molar-refractivity contribution in [2.75, 3.05) is 27.1 Å². The molecule has 0 atom stereocenters. The van der Waals surface area contributed by atoms with Crippen molar-refractivity contribution in [3.05, 3.63) is 106 Å². The number of benzene rings is 3. The summed E-state index contributed by atoms with van der Waals surface area (Å²) in [5, 5.41) is 9.23. The van der Waals surface area contributed by atoms with E-state index in [9.17, 15) is 14.7 Å². The number of methoxy groups -OCH3 is 1. The van der Waals surface area contributed by atoms with Gasteiger partial charge in [0, 0.05) is 18.2 Å². The first-order chi connectivity index (χ1) is 20.9. The molecule has 224 valence electrons. The zero-order chi connectivity index (χ0) is 29.8. The van der Waals surface area contributed by atoms with Gasteiger partial charge in [0.05, 0.1) is 18.8 Å². The van der Waals surface area contributed by atoms with E-state index in [1.165, 1.54) is 19.3 Å². The number of hydrogen-bond donors (Lipinski definition) is 1. The van der Waals surface area contributed by atoms with Crippen LogP contribution in [0.15, 0.2) is 72.8 Å². The Bertz CT molecular complexity index is 1440. The summed E-state index contributed by atoms with van der Waals surface area (Å²) in [4.78, 5) is 25.2. The molecule has 6 heteroatoms. The van der Waals surface area contributed by atoms with E-state index in [0.29, 0.717) is 25.2 Å². The van der Waals surface area contributed by atoms with E-state index in [0.717, 1.165) is 65.0 Å². The Kier molecular flexibility index (Phi) is 8.78. The van der Waals surface area contributed by atoms with E-state index in [4.69, 9.17) is 14.2 Å². The second kappa shape index (κ2) is 12.9. The smallest absolute Gasteiger partial charge is 0.335 e.